The van der Waals surface area contributed by atoms with Crippen LogP contribution >= 0.6 is 0 Å². The van der Waals surface area contributed by atoms with Crippen LogP contribution in [-0.4, -0.2) is 44.0 Å². The molecule has 1 aromatic rings. The number of sulfone groups is 1. The van der Waals surface area contributed by atoms with E-state index in [0.29, 0.717) is 13.1 Å². The first-order chi connectivity index (χ1) is 9.36. The first-order valence-electron chi connectivity index (χ1n) is 6.56. The van der Waals surface area contributed by atoms with Crippen molar-refractivity contribution in [2.24, 2.45) is 5.73 Å². The van der Waals surface area contributed by atoms with Gasteiger partial charge < -0.3 is 5.73 Å². The van der Waals surface area contributed by atoms with Crippen molar-refractivity contribution in [1.29, 1.82) is 5.26 Å². The van der Waals surface area contributed by atoms with Gasteiger partial charge in [0.25, 0.3) is 0 Å². The fraction of sp³-hybridized carbons (Fsp3) is 0.500. The Morgan fingerprint density at radius 3 is 2.65 bits per heavy atom. The Kier molecular flexibility index (Phi) is 4.14. The minimum Gasteiger partial charge on any atom is -0.309 e. The lowest BCUT2D eigenvalue weighted by molar-refractivity contribution is 0.194. The molecule has 6 heteroatoms. The molecule has 5 nitrogen and oxygen atoms in total. The second-order valence-corrected chi connectivity index (χ2v) is 7.61. The Labute approximate surface area is 119 Å². The second-order valence-electron chi connectivity index (χ2n) is 5.38. The quantitative estimate of drug-likeness (QED) is 0.876. The minimum atomic E-state index is -2.96. The largest absolute Gasteiger partial charge is 0.309 e. The number of rotatable bonds is 3. The zero-order chi connectivity index (χ0) is 14.8. The van der Waals surface area contributed by atoms with Gasteiger partial charge in [-0.1, -0.05) is 30.3 Å². The standard InChI is InChI=1S/C14H19N3O2S/c1-12-9-20(18,19)8-7-17(12)11-14(16,10-15)13-5-3-2-4-6-13/h2-6,12H,7-9,11,16H2,1H3. The molecule has 2 rings (SSSR count). The number of benzene rings is 1. The Bertz CT molecular complexity index is 609. The molecular weight excluding hydrogens is 274 g/mol. The summed E-state index contributed by atoms with van der Waals surface area (Å²) >= 11 is 0. The van der Waals surface area contributed by atoms with Gasteiger partial charge >= 0.3 is 0 Å². The Morgan fingerprint density at radius 2 is 2.10 bits per heavy atom. The topological polar surface area (TPSA) is 87.2 Å². The van der Waals surface area contributed by atoms with Gasteiger partial charge in [-0.05, 0) is 12.5 Å². The van der Waals surface area contributed by atoms with E-state index in [1.165, 1.54) is 0 Å². The SMILES string of the molecule is CC1CS(=O)(=O)CCN1CC(N)(C#N)c1ccccc1. The van der Waals surface area contributed by atoms with Gasteiger partial charge in [0.15, 0.2) is 9.84 Å². The lowest BCUT2D eigenvalue weighted by Crippen LogP contribution is -2.54. The van der Waals surface area contributed by atoms with Crippen molar-refractivity contribution in [1.82, 2.24) is 4.90 Å². The molecule has 1 saturated heterocycles. The highest BCUT2D eigenvalue weighted by molar-refractivity contribution is 7.91. The summed E-state index contributed by atoms with van der Waals surface area (Å²) in [6.07, 6.45) is 0. The van der Waals surface area contributed by atoms with Gasteiger partial charge in [-0.2, -0.15) is 5.26 Å². The van der Waals surface area contributed by atoms with Gasteiger partial charge in [0, 0.05) is 19.1 Å². The van der Waals surface area contributed by atoms with Gasteiger partial charge in [0.2, 0.25) is 0 Å². The van der Waals surface area contributed by atoms with Crippen molar-refractivity contribution in [2.45, 2.75) is 18.5 Å². The van der Waals surface area contributed by atoms with Crippen LogP contribution in [0.3, 0.4) is 0 Å². The maximum absolute atomic E-state index is 11.6. The molecule has 1 aliphatic rings. The van der Waals surface area contributed by atoms with E-state index >= 15 is 0 Å². The van der Waals surface area contributed by atoms with Crippen molar-refractivity contribution in [3.8, 4) is 6.07 Å². The van der Waals surface area contributed by atoms with Crippen LogP contribution in [0.15, 0.2) is 30.3 Å². The van der Waals surface area contributed by atoms with E-state index in [0.717, 1.165) is 5.56 Å². The van der Waals surface area contributed by atoms with Gasteiger partial charge in [0.05, 0.1) is 17.6 Å². The molecule has 1 aliphatic heterocycles. The zero-order valence-corrected chi connectivity index (χ0v) is 12.3. The molecule has 1 aromatic carbocycles. The lowest BCUT2D eigenvalue weighted by Gasteiger charge is -2.37. The number of nitrogens with zero attached hydrogens (tertiary/aromatic N) is 2. The van der Waals surface area contributed by atoms with E-state index < -0.39 is 15.4 Å². The van der Waals surface area contributed by atoms with Gasteiger partial charge in [-0.25, -0.2) is 8.42 Å². The fourth-order valence-electron chi connectivity index (χ4n) is 2.51. The van der Waals surface area contributed by atoms with Crippen LogP contribution < -0.4 is 5.73 Å². The lowest BCUT2D eigenvalue weighted by atomic mass is 9.91. The first-order valence-corrected chi connectivity index (χ1v) is 8.38. The molecule has 1 heterocycles. The molecule has 0 amide bonds. The van der Waals surface area contributed by atoms with E-state index in [1.54, 1.807) is 0 Å². The monoisotopic (exact) mass is 293 g/mol. The number of hydrogen-bond acceptors (Lipinski definition) is 5. The smallest absolute Gasteiger partial charge is 0.153 e. The summed E-state index contributed by atoms with van der Waals surface area (Å²) in [7, 11) is -2.96. The third kappa shape index (κ3) is 3.18. The Balaban J connectivity index is 2.18. The van der Waals surface area contributed by atoms with Crippen molar-refractivity contribution < 1.29 is 8.42 Å². The van der Waals surface area contributed by atoms with Crippen LogP contribution in [0.2, 0.25) is 0 Å². The average Bonchev–Trinajstić information content (AvgIpc) is 2.42. The molecule has 2 N–H and O–H groups in total. The molecule has 0 spiro atoms. The van der Waals surface area contributed by atoms with E-state index in [4.69, 9.17) is 5.73 Å². The summed E-state index contributed by atoms with van der Waals surface area (Å²) in [5, 5.41) is 9.44. The van der Waals surface area contributed by atoms with Crippen LogP contribution in [0.1, 0.15) is 12.5 Å². The zero-order valence-electron chi connectivity index (χ0n) is 11.5. The Morgan fingerprint density at radius 1 is 1.45 bits per heavy atom. The molecule has 0 aliphatic carbocycles. The third-order valence-electron chi connectivity index (χ3n) is 3.75. The van der Waals surface area contributed by atoms with Crippen LogP contribution in [0, 0.1) is 11.3 Å². The molecule has 20 heavy (non-hydrogen) atoms. The average molecular weight is 293 g/mol. The summed E-state index contributed by atoms with van der Waals surface area (Å²) < 4.78 is 23.2. The molecule has 108 valence electrons. The van der Waals surface area contributed by atoms with Crippen molar-refractivity contribution in [3.05, 3.63) is 35.9 Å². The van der Waals surface area contributed by atoms with Gasteiger partial charge in [-0.15, -0.1) is 0 Å². The summed E-state index contributed by atoms with van der Waals surface area (Å²) in [4.78, 5) is 1.98. The van der Waals surface area contributed by atoms with Crippen molar-refractivity contribution in [3.63, 3.8) is 0 Å². The van der Waals surface area contributed by atoms with Crippen LogP contribution in [0.25, 0.3) is 0 Å². The number of nitrogens with two attached hydrogens (primary N) is 1. The molecule has 0 saturated carbocycles. The molecule has 2 atom stereocenters. The summed E-state index contributed by atoms with van der Waals surface area (Å²) in [6.45, 7) is 2.63. The first kappa shape index (κ1) is 15.0. The molecular formula is C14H19N3O2S. The maximum Gasteiger partial charge on any atom is 0.153 e. The van der Waals surface area contributed by atoms with E-state index in [9.17, 15) is 13.7 Å². The molecule has 0 aromatic heterocycles. The summed E-state index contributed by atoms with van der Waals surface area (Å²) in [6, 6.07) is 11.3. The maximum atomic E-state index is 11.6. The van der Waals surface area contributed by atoms with Crippen molar-refractivity contribution >= 4 is 9.84 Å². The molecule has 1 fully saturated rings. The number of hydrogen-bond donors (Lipinski definition) is 1. The third-order valence-corrected chi connectivity index (χ3v) is 5.54. The summed E-state index contributed by atoms with van der Waals surface area (Å²) in [5.41, 5.74) is 5.87. The highest BCUT2D eigenvalue weighted by atomic mass is 32.2. The summed E-state index contributed by atoms with van der Waals surface area (Å²) in [5.74, 6) is 0.261. The van der Waals surface area contributed by atoms with E-state index in [2.05, 4.69) is 6.07 Å². The van der Waals surface area contributed by atoms with Gasteiger partial charge in [0.1, 0.15) is 5.54 Å². The Hall–Kier alpha value is -1.42. The predicted octanol–water partition coefficient (Wildman–Crippen LogP) is 0.483. The fourth-order valence-corrected chi connectivity index (χ4v) is 4.14. The highest BCUT2D eigenvalue weighted by Crippen LogP contribution is 2.22. The minimum absolute atomic E-state index is 0.117. The second kappa shape index (κ2) is 5.52. The molecule has 2 unspecified atom stereocenters. The molecule has 0 bridgehead atoms. The normalized spacial score (nSPS) is 25.6. The van der Waals surface area contributed by atoms with Crippen LogP contribution in [0.5, 0.6) is 0 Å². The van der Waals surface area contributed by atoms with E-state index in [-0.39, 0.29) is 17.5 Å². The molecule has 0 radical (unpaired) electrons. The van der Waals surface area contributed by atoms with Crippen LogP contribution in [0.4, 0.5) is 0 Å². The number of nitriles is 1. The van der Waals surface area contributed by atoms with Crippen LogP contribution in [-0.2, 0) is 15.4 Å². The van der Waals surface area contributed by atoms with Crippen molar-refractivity contribution in [2.75, 3.05) is 24.6 Å². The van der Waals surface area contributed by atoms with Gasteiger partial charge in [-0.3, -0.25) is 4.90 Å². The highest BCUT2D eigenvalue weighted by Gasteiger charge is 2.35. The van der Waals surface area contributed by atoms with E-state index in [1.807, 2.05) is 42.2 Å². The predicted molar refractivity (Wildman–Crippen MR) is 77.6 cm³/mol.